The predicted molar refractivity (Wildman–Crippen MR) is 80.8 cm³/mol. The van der Waals surface area contributed by atoms with Gasteiger partial charge in [0.2, 0.25) is 5.91 Å². The molecule has 0 spiro atoms. The van der Waals surface area contributed by atoms with E-state index in [4.69, 9.17) is 4.74 Å². The van der Waals surface area contributed by atoms with Crippen molar-refractivity contribution in [2.75, 3.05) is 7.11 Å². The molecule has 5 nitrogen and oxygen atoms in total. The average Bonchev–Trinajstić information content (AvgIpc) is 3.10. The third-order valence-electron chi connectivity index (χ3n) is 5.08. The summed E-state index contributed by atoms with van der Waals surface area (Å²) in [5.41, 5.74) is 0.0389. The highest BCUT2D eigenvalue weighted by Gasteiger charge is 2.58. The smallest absolute Gasteiger partial charge is 0.329 e. The summed E-state index contributed by atoms with van der Waals surface area (Å²) in [7, 11) is 1.61. The molecule has 22 heavy (non-hydrogen) atoms. The molecule has 0 radical (unpaired) electrons. The molecule has 1 N–H and O–H groups in total. The molecule has 2 bridgehead atoms. The van der Waals surface area contributed by atoms with Crippen molar-refractivity contribution in [3.63, 3.8) is 0 Å². The number of aryl methyl sites for hydroxylation is 1. The molecule has 1 aromatic carbocycles. The van der Waals surface area contributed by atoms with Gasteiger partial charge in [-0.1, -0.05) is 18.2 Å². The zero-order chi connectivity index (χ0) is 15.7. The first kappa shape index (κ1) is 14.9. The Hall–Kier alpha value is -2.04. The van der Waals surface area contributed by atoms with Crippen LogP contribution in [0.3, 0.4) is 0 Å². The van der Waals surface area contributed by atoms with Crippen molar-refractivity contribution in [1.82, 2.24) is 4.90 Å². The number of amides is 1. The van der Waals surface area contributed by atoms with E-state index in [-0.39, 0.29) is 11.9 Å². The van der Waals surface area contributed by atoms with Crippen LogP contribution in [0.1, 0.15) is 37.7 Å². The van der Waals surface area contributed by atoms with Crippen molar-refractivity contribution < 1.29 is 19.4 Å². The van der Waals surface area contributed by atoms with E-state index >= 15 is 0 Å². The van der Waals surface area contributed by atoms with E-state index in [2.05, 4.69) is 0 Å². The summed E-state index contributed by atoms with van der Waals surface area (Å²) >= 11 is 0. The molecule has 1 amide bonds. The number of fused-ring (bicyclic) bond motifs is 2. The fourth-order valence-electron chi connectivity index (χ4n) is 3.96. The van der Waals surface area contributed by atoms with Crippen molar-refractivity contribution in [3.05, 3.63) is 29.8 Å². The number of nitrogens with zero attached hydrogens (tertiary/aromatic N) is 1. The van der Waals surface area contributed by atoms with Gasteiger partial charge in [-0.05, 0) is 43.7 Å². The fraction of sp³-hybridized carbons (Fsp3) is 0.529. The number of carboxylic acid groups (broad SMARTS) is 1. The van der Waals surface area contributed by atoms with Crippen LogP contribution < -0.4 is 4.74 Å². The number of aliphatic carboxylic acids is 1. The molecule has 2 saturated heterocycles. The van der Waals surface area contributed by atoms with Gasteiger partial charge in [0.1, 0.15) is 11.3 Å². The van der Waals surface area contributed by atoms with Gasteiger partial charge in [0.15, 0.2) is 0 Å². The van der Waals surface area contributed by atoms with Gasteiger partial charge in [0, 0.05) is 12.5 Å². The topological polar surface area (TPSA) is 66.8 Å². The van der Waals surface area contributed by atoms with Crippen LogP contribution in [0.4, 0.5) is 0 Å². The molecule has 0 atom stereocenters. The number of hydrogen-bond acceptors (Lipinski definition) is 3. The van der Waals surface area contributed by atoms with E-state index in [1.54, 1.807) is 12.0 Å². The summed E-state index contributed by atoms with van der Waals surface area (Å²) < 4.78 is 5.30. The Morgan fingerprint density at radius 1 is 1.32 bits per heavy atom. The van der Waals surface area contributed by atoms with Crippen LogP contribution in [-0.4, -0.2) is 40.6 Å². The number of carboxylic acids is 1. The number of ether oxygens (including phenoxy) is 1. The highest BCUT2D eigenvalue weighted by Crippen LogP contribution is 2.47. The van der Waals surface area contributed by atoms with Crippen molar-refractivity contribution in [3.8, 4) is 5.75 Å². The molecule has 2 aliphatic rings. The molecule has 0 aliphatic carbocycles. The van der Waals surface area contributed by atoms with Gasteiger partial charge >= 0.3 is 5.97 Å². The largest absolute Gasteiger partial charge is 0.496 e. The second-order valence-electron chi connectivity index (χ2n) is 6.14. The summed E-state index contributed by atoms with van der Waals surface area (Å²) in [5.74, 6) is -0.126. The van der Waals surface area contributed by atoms with Crippen LogP contribution in [-0.2, 0) is 16.0 Å². The number of hydrogen-bond donors (Lipinski definition) is 1. The summed E-state index contributed by atoms with van der Waals surface area (Å²) in [5, 5.41) is 9.56. The lowest BCUT2D eigenvalue weighted by Gasteiger charge is -2.31. The van der Waals surface area contributed by atoms with Crippen LogP contribution in [0.2, 0.25) is 0 Å². The summed E-state index contributed by atoms with van der Waals surface area (Å²) in [6.45, 7) is 0. The fourth-order valence-corrected chi connectivity index (χ4v) is 3.96. The number of methoxy groups -OCH3 is 1. The quantitative estimate of drug-likeness (QED) is 0.906. The second kappa shape index (κ2) is 5.63. The lowest BCUT2D eigenvalue weighted by atomic mass is 9.88. The zero-order valence-corrected chi connectivity index (χ0v) is 12.7. The van der Waals surface area contributed by atoms with Crippen molar-refractivity contribution in [2.24, 2.45) is 0 Å². The molecule has 2 fully saturated rings. The molecule has 0 aromatic heterocycles. The van der Waals surface area contributed by atoms with E-state index in [0.717, 1.165) is 24.2 Å². The Kier molecular flexibility index (Phi) is 3.81. The molecule has 3 rings (SSSR count). The maximum atomic E-state index is 12.6. The predicted octanol–water partition coefficient (Wildman–Crippen LogP) is 2.24. The Balaban J connectivity index is 1.71. The van der Waals surface area contributed by atoms with Crippen LogP contribution in [0.25, 0.3) is 0 Å². The maximum absolute atomic E-state index is 12.6. The zero-order valence-electron chi connectivity index (χ0n) is 12.7. The molecular weight excluding hydrogens is 282 g/mol. The van der Waals surface area contributed by atoms with E-state index in [9.17, 15) is 14.7 Å². The van der Waals surface area contributed by atoms with Crippen molar-refractivity contribution in [1.29, 1.82) is 0 Å². The van der Waals surface area contributed by atoms with Gasteiger partial charge in [-0.15, -0.1) is 0 Å². The lowest BCUT2D eigenvalue weighted by molar-refractivity contribution is -0.155. The third-order valence-corrected chi connectivity index (χ3v) is 5.08. The van der Waals surface area contributed by atoms with Crippen molar-refractivity contribution >= 4 is 11.9 Å². The summed E-state index contributed by atoms with van der Waals surface area (Å²) in [6, 6.07) is 7.74. The molecule has 0 saturated carbocycles. The second-order valence-corrected chi connectivity index (χ2v) is 6.14. The normalized spacial score (nSPS) is 26.2. The highest BCUT2D eigenvalue weighted by molar-refractivity contribution is 5.89. The van der Waals surface area contributed by atoms with E-state index in [1.807, 2.05) is 24.3 Å². The van der Waals surface area contributed by atoms with Gasteiger partial charge in [-0.25, -0.2) is 4.79 Å². The third kappa shape index (κ3) is 2.25. The molecule has 5 heteroatoms. The van der Waals surface area contributed by atoms with E-state index < -0.39 is 11.5 Å². The Labute approximate surface area is 129 Å². The minimum absolute atomic E-state index is 0.0479. The lowest BCUT2D eigenvalue weighted by Crippen LogP contribution is -2.50. The molecule has 118 valence electrons. The molecule has 2 aliphatic heterocycles. The molecule has 1 aromatic rings. The van der Waals surface area contributed by atoms with Crippen LogP contribution in [0.15, 0.2) is 24.3 Å². The minimum Gasteiger partial charge on any atom is -0.496 e. The van der Waals surface area contributed by atoms with E-state index in [0.29, 0.717) is 25.7 Å². The number of rotatable bonds is 5. The Morgan fingerprint density at radius 3 is 2.64 bits per heavy atom. The first-order valence-corrected chi connectivity index (χ1v) is 7.76. The Morgan fingerprint density at radius 2 is 2.00 bits per heavy atom. The number of benzene rings is 1. The van der Waals surface area contributed by atoms with Gasteiger partial charge in [-0.3, -0.25) is 4.79 Å². The first-order valence-electron chi connectivity index (χ1n) is 7.76. The summed E-state index contributed by atoms with van der Waals surface area (Å²) in [4.78, 5) is 25.9. The van der Waals surface area contributed by atoms with Gasteiger partial charge in [-0.2, -0.15) is 0 Å². The van der Waals surface area contributed by atoms with Gasteiger partial charge < -0.3 is 14.7 Å². The first-order chi connectivity index (χ1) is 10.6. The molecular formula is C17H21NO4. The molecule has 2 heterocycles. The van der Waals surface area contributed by atoms with E-state index in [1.165, 1.54) is 0 Å². The van der Waals surface area contributed by atoms with Gasteiger partial charge in [0.05, 0.1) is 7.11 Å². The number of para-hydroxylation sites is 1. The standard InChI is InChI=1S/C17H21NO4/c1-22-14-5-3-2-4-12(14)6-7-15(19)18-13-8-10-17(18,11-9-13)16(20)21/h2-5,13H,6-11H2,1H3,(H,20,21). The number of carbonyl (C=O) groups excluding carboxylic acids is 1. The van der Waals surface area contributed by atoms with Crippen LogP contribution in [0, 0.1) is 0 Å². The monoisotopic (exact) mass is 303 g/mol. The highest BCUT2D eigenvalue weighted by atomic mass is 16.5. The maximum Gasteiger partial charge on any atom is 0.329 e. The van der Waals surface area contributed by atoms with Crippen molar-refractivity contribution in [2.45, 2.75) is 50.1 Å². The SMILES string of the molecule is COc1ccccc1CCC(=O)N1C2CCC1(C(=O)O)CC2. The average molecular weight is 303 g/mol. The van der Waals surface area contributed by atoms with Gasteiger partial charge in [0.25, 0.3) is 0 Å². The van der Waals surface area contributed by atoms with Crippen LogP contribution in [0.5, 0.6) is 5.75 Å². The number of carbonyl (C=O) groups is 2. The summed E-state index contributed by atoms with van der Waals surface area (Å²) in [6.07, 6.45) is 3.70. The minimum atomic E-state index is -0.942. The molecule has 0 unspecified atom stereocenters. The Bertz CT molecular complexity index is 590. The van der Waals surface area contributed by atoms with Crippen LogP contribution >= 0.6 is 0 Å².